The highest BCUT2D eigenvalue weighted by Crippen LogP contribution is 2.71. The number of ether oxygens (including phenoxy) is 5. The average Bonchev–Trinajstić information content (AvgIpc) is 1.67. The van der Waals surface area contributed by atoms with Gasteiger partial charge in [0, 0.05) is 47.4 Å². The average molecular weight is 1370 g/mol. The summed E-state index contributed by atoms with van der Waals surface area (Å²) in [6.07, 6.45) is -21.0. The van der Waals surface area contributed by atoms with E-state index in [1.807, 2.05) is 11.2 Å². The Morgan fingerprint density at radius 1 is 0.663 bits per heavy atom. The van der Waals surface area contributed by atoms with E-state index in [1.54, 1.807) is 42.5 Å². The molecule has 89 heavy (non-hydrogen) atoms. The Morgan fingerprint density at radius 2 is 1.15 bits per heavy atom. The van der Waals surface area contributed by atoms with E-state index in [1.165, 1.54) is 60.3 Å². The summed E-state index contributed by atoms with van der Waals surface area (Å²) < 4.78 is 144. The van der Waals surface area contributed by atoms with Crippen molar-refractivity contribution in [3.63, 3.8) is 0 Å². The zero-order valence-electron chi connectivity index (χ0n) is 45.2. The summed E-state index contributed by atoms with van der Waals surface area (Å²) in [7, 11) is -25.3. The second-order valence-electron chi connectivity index (χ2n) is 18.2. The third-order valence-electron chi connectivity index (χ3n) is 11.8. The third kappa shape index (κ3) is 19.7. The molecule has 34 nitrogen and oxygen atoms in total. The molecule has 6 aromatic rings. The summed E-state index contributed by atoms with van der Waals surface area (Å²) in [4.78, 5) is 122. The number of alkyl halides is 3. The summed E-state index contributed by atoms with van der Waals surface area (Å²) >= 11 is 2.08. The lowest BCUT2D eigenvalue weighted by atomic mass is 10.1. The van der Waals surface area contributed by atoms with Gasteiger partial charge in [-0.3, -0.25) is 43.9 Å². The number of nitrogens with one attached hydrogen (secondary N) is 5. The molecule has 12 atom stereocenters. The standard InChI is InChI=1S/C46H51F3N10O24P4S2/c1-88-22-19-50-37-32-38(57-41(56-37)89-21-18-46(47,48)49)59(25-51-32)39-35(79-44(64)53-27-13-7-3-8-14-27)33(61)29(76-39)23-74-84(66,67)81-86(70,71)83-87(72,73)82-85(68,69)75-24-30-34(78-43(63)52-26-11-5-2-6-12-26)36(80-45(65)54-28-15-9-4-10-16-28)40(77-30)58-20-17-31(60)55-42(58)62/h2-17,20,25,29-30,33-36,39-40,61H,18-19,21-24H2,1H3,(H,52,63)(H,53,64)(H,54,65)(H,66,67)(H,68,69)(H,70,71)(H,72,73)(H,50,56,57)(H,55,60,62). The fraction of sp³-hybridized carbons (Fsp3) is 0.348. The fourth-order valence-electron chi connectivity index (χ4n) is 8.15. The van der Waals surface area contributed by atoms with Crippen molar-refractivity contribution in [1.82, 2.24) is 29.1 Å². The number of benzene rings is 3. The molecule has 2 fully saturated rings. The molecule has 0 saturated carbocycles. The number of fused-ring (bicyclic) bond motifs is 1. The van der Waals surface area contributed by atoms with Crippen LogP contribution in [0.1, 0.15) is 18.9 Å². The number of carbonyl (C=O) groups excluding carboxylic acids is 3. The van der Waals surface area contributed by atoms with Crippen LogP contribution < -0.4 is 32.5 Å². The molecule has 482 valence electrons. The number of imidazole rings is 1. The summed E-state index contributed by atoms with van der Waals surface area (Å²) in [6.45, 7) is -2.42. The number of para-hydroxylation sites is 3. The van der Waals surface area contributed by atoms with Gasteiger partial charge in [0.15, 0.2) is 52.9 Å². The molecule has 0 bridgehead atoms. The molecule has 0 aliphatic carbocycles. The van der Waals surface area contributed by atoms with Crippen LogP contribution in [-0.2, 0) is 63.9 Å². The van der Waals surface area contributed by atoms with Crippen LogP contribution in [0.15, 0.2) is 124 Å². The van der Waals surface area contributed by atoms with Crippen molar-refractivity contribution >= 4 is 107 Å². The van der Waals surface area contributed by atoms with Crippen molar-refractivity contribution in [1.29, 1.82) is 0 Å². The van der Waals surface area contributed by atoms with Gasteiger partial charge in [0.2, 0.25) is 0 Å². The topological polar surface area (TPSA) is 460 Å². The minimum absolute atomic E-state index is 0.0199. The number of hydrogen-bond donors (Lipinski definition) is 10. The summed E-state index contributed by atoms with van der Waals surface area (Å²) in [6, 6.07) is 23.7. The molecular formula is C46H51F3N10O24P4S2. The van der Waals surface area contributed by atoms with Crippen LogP contribution >= 0.6 is 54.8 Å². The molecule has 5 heterocycles. The maximum Gasteiger partial charge on any atom is 0.490 e. The highest BCUT2D eigenvalue weighted by Gasteiger charge is 2.54. The number of aliphatic hydroxyl groups excluding tert-OH is 1. The Balaban J connectivity index is 0.958. The molecule has 3 aromatic heterocycles. The van der Waals surface area contributed by atoms with Gasteiger partial charge in [-0.05, 0) is 42.7 Å². The van der Waals surface area contributed by atoms with E-state index in [0.717, 1.165) is 23.2 Å². The maximum atomic E-state index is 13.3. The number of aromatic nitrogens is 6. The molecule has 3 amide bonds. The molecular weight excluding hydrogens is 1320 g/mol. The predicted octanol–water partition coefficient (Wildman–Crippen LogP) is 6.69. The third-order valence-corrected chi connectivity index (χ3v) is 19.2. The van der Waals surface area contributed by atoms with Gasteiger partial charge in [-0.25, -0.2) is 52.4 Å². The lowest BCUT2D eigenvalue weighted by Gasteiger charge is -2.25. The molecule has 8 rings (SSSR count). The van der Waals surface area contributed by atoms with Crippen molar-refractivity contribution in [2.75, 3.05) is 58.8 Å². The van der Waals surface area contributed by atoms with Crippen LogP contribution in [0.2, 0.25) is 0 Å². The molecule has 2 saturated heterocycles. The van der Waals surface area contributed by atoms with Gasteiger partial charge in [-0.2, -0.15) is 37.9 Å². The van der Waals surface area contributed by atoms with Crippen molar-refractivity contribution in [3.05, 3.63) is 130 Å². The first-order valence-electron chi connectivity index (χ1n) is 25.3. The van der Waals surface area contributed by atoms with Crippen LogP contribution in [-0.4, -0.2) is 152 Å². The molecule has 10 N–H and O–H groups in total. The molecule has 2 aliphatic rings. The zero-order valence-corrected chi connectivity index (χ0v) is 50.4. The smallest absolute Gasteiger partial charge is 0.439 e. The van der Waals surface area contributed by atoms with E-state index in [-0.39, 0.29) is 39.2 Å². The van der Waals surface area contributed by atoms with E-state index >= 15 is 0 Å². The Labute approximate surface area is 506 Å². The zero-order chi connectivity index (χ0) is 64.3. The van der Waals surface area contributed by atoms with E-state index in [9.17, 15) is 80.1 Å². The fourth-order valence-corrected chi connectivity index (χ4v) is 14.2. The van der Waals surface area contributed by atoms with Crippen molar-refractivity contribution in [2.45, 2.75) is 66.8 Å². The molecule has 0 spiro atoms. The Bertz CT molecular complexity index is 3780. The number of nitrogens with zero attached hydrogens (tertiary/aromatic N) is 5. The number of aromatic amines is 1. The van der Waals surface area contributed by atoms with E-state index < -0.39 is 141 Å². The second kappa shape index (κ2) is 29.6. The van der Waals surface area contributed by atoms with E-state index in [4.69, 9.17) is 32.7 Å². The molecule has 3 aromatic carbocycles. The second-order valence-corrected chi connectivity index (χ2v) is 26.5. The number of carbonyl (C=O) groups is 3. The Morgan fingerprint density at radius 3 is 1.66 bits per heavy atom. The first-order valence-corrected chi connectivity index (χ1v) is 33.7. The number of phosphoric ester groups is 2. The highest BCUT2D eigenvalue weighted by atomic mass is 32.2. The first-order chi connectivity index (χ1) is 42.1. The lowest BCUT2D eigenvalue weighted by Crippen LogP contribution is -2.44. The van der Waals surface area contributed by atoms with Gasteiger partial charge in [-0.1, -0.05) is 66.4 Å². The van der Waals surface area contributed by atoms with Crippen LogP contribution in [0.3, 0.4) is 0 Å². The first kappa shape index (κ1) is 68.3. The molecule has 2 aliphatic heterocycles. The maximum absolute atomic E-state index is 13.3. The molecule has 0 radical (unpaired) electrons. The van der Waals surface area contributed by atoms with Crippen LogP contribution in [0.5, 0.6) is 0 Å². The number of amides is 3. The van der Waals surface area contributed by atoms with E-state index in [2.05, 4.69) is 49.2 Å². The lowest BCUT2D eigenvalue weighted by molar-refractivity contribution is -0.129. The summed E-state index contributed by atoms with van der Waals surface area (Å²) in [5.41, 5.74) is -1.67. The van der Waals surface area contributed by atoms with E-state index in [0.29, 0.717) is 28.6 Å². The number of halogens is 3. The summed E-state index contributed by atoms with van der Waals surface area (Å²) in [5.74, 6) is 0.0938. The van der Waals surface area contributed by atoms with Gasteiger partial charge in [0.25, 0.3) is 5.56 Å². The van der Waals surface area contributed by atoms with Gasteiger partial charge in [0.1, 0.15) is 18.3 Å². The van der Waals surface area contributed by atoms with Crippen molar-refractivity contribution in [2.24, 2.45) is 0 Å². The Hall–Kier alpha value is -6.57. The largest absolute Gasteiger partial charge is 0.490 e. The normalized spacial score (nSPS) is 22.8. The summed E-state index contributed by atoms with van der Waals surface area (Å²) in [5, 5.41) is 21.6. The monoisotopic (exact) mass is 1370 g/mol. The molecule has 12 unspecified atom stereocenters. The number of H-pyrrole nitrogens is 1. The predicted molar refractivity (Wildman–Crippen MR) is 304 cm³/mol. The quantitative estimate of drug-likeness (QED) is 0.00844. The highest BCUT2D eigenvalue weighted by molar-refractivity contribution is 7.99. The minimum atomic E-state index is -6.53. The van der Waals surface area contributed by atoms with Crippen molar-refractivity contribution in [3.8, 4) is 0 Å². The number of hydrogen-bond acceptors (Lipinski definition) is 26. The number of anilines is 4. The van der Waals surface area contributed by atoms with Gasteiger partial charge >= 0.3 is 61.4 Å². The number of thioether (sulfide) groups is 2. The van der Waals surface area contributed by atoms with Gasteiger partial charge in [-0.15, -0.1) is 0 Å². The van der Waals surface area contributed by atoms with Crippen LogP contribution in [0, 0.1) is 0 Å². The van der Waals surface area contributed by atoms with Crippen LogP contribution in [0.4, 0.5) is 50.4 Å². The van der Waals surface area contributed by atoms with Crippen molar-refractivity contribution < 1.29 is 116 Å². The number of rotatable bonds is 27. The Kier molecular flexibility index (Phi) is 22.7. The van der Waals surface area contributed by atoms with Gasteiger partial charge < -0.3 is 53.7 Å². The molecule has 43 heteroatoms. The van der Waals surface area contributed by atoms with Crippen LogP contribution in [0.25, 0.3) is 11.2 Å². The SMILES string of the molecule is CSCCNc1nc(SCCC(F)(F)F)nc2c1ncn2C1OC(COP(=O)(O)OP(=O)(O)OP(=O)(O)OP(=O)(O)OCC2OC(n3ccc(=O)[nH]c3=O)C(OC(=O)Nc3ccccc3)C2OC(=O)Nc2ccccc2)C(O)C1OC(=O)Nc1ccccc1. The number of phosphoric acid groups is 4. The van der Waals surface area contributed by atoms with Gasteiger partial charge in [0.05, 0.1) is 26.0 Å². The minimum Gasteiger partial charge on any atom is -0.439 e. The number of aliphatic hydroxyl groups is 1.